The van der Waals surface area contributed by atoms with Gasteiger partial charge in [-0.2, -0.15) is 0 Å². The number of morpholine rings is 1. The summed E-state index contributed by atoms with van der Waals surface area (Å²) in [4.78, 5) is 6.59. The molecule has 1 heterocycles. The highest BCUT2D eigenvalue weighted by atomic mass is 19.1. The lowest BCUT2D eigenvalue weighted by molar-refractivity contribution is 0.0699. The number of aliphatic imine (C=N–C) groups is 1. The second-order valence-electron chi connectivity index (χ2n) is 4.63. The molecule has 0 aromatic heterocycles. The lowest BCUT2D eigenvalue weighted by atomic mass is 10.3. The van der Waals surface area contributed by atoms with E-state index < -0.39 is 0 Å². The maximum atomic E-state index is 12.9. The van der Waals surface area contributed by atoms with Gasteiger partial charge in [0.1, 0.15) is 5.82 Å². The molecule has 1 atom stereocenters. The molecule has 1 unspecified atom stereocenters. The molecule has 1 aromatic rings. The number of rotatable bonds is 6. The van der Waals surface area contributed by atoms with E-state index in [1.807, 2.05) is 25.5 Å². The summed E-state index contributed by atoms with van der Waals surface area (Å²) < 4.78 is 18.2. The van der Waals surface area contributed by atoms with Crippen LogP contribution >= 0.6 is 0 Å². The van der Waals surface area contributed by atoms with Gasteiger partial charge in [-0.25, -0.2) is 9.38 Å². The first kappa shape index (κ1) is 18.9. The van der Waals surface area contributed by atoms with E-state index in [1.165, 1.54) is 12.1 Å². The Morgan fingerprint density at radius 2 is 1.91 bits per heavy atom. The predicted octanol–water partition coefficient (Wildman–Crippen LogP) is 1.61. The van der Waals surface area contributed by atoms with E-state index in [4.69, 9.17) is 9.84 Å². The summed E-state index contributed by atoms with van der Waals surface area (Å²) in [7, 11) is 1.00. The predicted molar refractivity (Wildman–Crippen MR) is 90.8 cm³/mol. The third-order valence-corrected chi connectivity index (χ3v) is 2.99. The molecule has 3 N–H and O–H groups in total. The van der Waals surface area contributed by atoms with Crippen molar-refractivity contribution >= 4 is 12.0 Å². The van der Waals surface area contributed by atoms with E-state index in [2.05, 4.69) is 20.5 Å². The SMILES string of the molecule is C/C=C\NC(/N=C/N1CCOCC1)Nc1ccc(F)cc1.CO. The zero-order chi connectivity index (χ0) is 16.9. The summed E-state index contributed by atoms with van der Waals surface area (Å²) in [6.45, 7) is 5.06. The molecule has 0 amide bonds. The van der Waals surface area contributed by atoms with E-state index in [9.17, 15) is 4.39 Å². The highest BCUT2D eigenvalue weighted by Gasteiger charge is 2.08. The molecule has 1 aliphatic heterocycles. The van der Waals surface area contributed by atoms with E-state index >= 15 is 0 Å². The van der Waals surface area contributed by atoms with Crippen LogP contribution in [0.15, 0.2) is 41.5 Å². The lowest BCUT2D eigenvalue weighted by Crippen LogP contribution is -2.37. The molecular formula is C16H25FN4O2. The summed E-state index contributed by atoms with van der Waals surface area (Å²) >= 11 is 0. The van der Waals surface area contributed by atoms with Crippen molar-refractivity contribution < 1.29 is 14.2 Å². The minimum absolute atomic E-state index is 0.254. The number of hydrogen-bond acceptors (Lipinski definition) is 5. The van der Waals surface area contributed by atoms with Crippen LogP contribution in [-0.4, -0.2) is 56.0 Å². The summed E-state index contributed by atoms with van der Waals surface area (Å²) in [5.41, 5.74) is 0.803. The Hall–Kier alpha value is -2.12. The molecule has 0 saturated carbocycles. The molecule has 0 spiro atoms. The number of nitrogens with zero attached hydrogens (tertiary/aromatic N) is 2. The van der Waals surface area contributed by atoms with E-state index in [0.717, 1.165) is 39.1 Å². The standard InChI is InChI=1S/C15H21FN4O.CH4O/c1-2-7-17-15(18-12-20-8-10-21-11-9-20)19-14-5-3-13(16)4-6-14;1-2/h2-7,12,15,17,19H,8-11H2,1H3;2H,1H3/b7-2-,18-12+;. The smallest absolute Gasteiger partial charge is 0.195 e. The van der Waals surface area contributed by atoms with Crippen molar-refractivity contribution in [2.45, 2.75) is 13.2 Å². The molecule has 0 aliphatic carbocycles. The summed E-state index contributed by atoms with van der Waals surface area (Å²) in [5, 5.41) is 13.3. The molecule has 23 heavy (non-hydrogen) atoms. The van der Waals surface area contributed by atoms with Gasteiger partial charge in [0.2, 0.25) is 0 Å². The van der Waals surface area contributed by atoms with Gasteiger partial charge in [-0.3, -0.25) is 0 Å². The number of hydrogen-bond donors (Lipinski definition) is 3. The largest absolute Gasteiger partial charge is 0.400 e. The molecule has 1 fully saturated rings. The number of benzene rings is 1. The number of ether oxygens (including phenoxy) is 1. The van der Waals surface area contributed by atoms with Gasteiger partial charge in [0.15, 0.2) is 6.29 Å². The van der Waals surface area contributed by atoms with Crippen LogP contribution in [0.3, 0.4) is 0 Å². The molecule has 128 valence electrons. The fraction of sp³-hybridized carbons (Fsp3) is 0.438. The molecule has 6 nitrogen and oxygen atoms in total. The first-order chi connectivity index (χ1) is 11.3. The number of aliphatic hydroxyl groups excluding tert-OH is 1. The van der Waals surface area contributed by atoms with Gasteiger partial charge in [0.05, 0.1) is 19.6 Å². The first-order valence-electron chi connectivity index (χ1n) is 7.47. The van der Waals surface area contributed by atoms with Gasteiger partial charge in [0, 0.05) is 25.9 Å². The van der Waals surface area contributed by atoms with Crippen LogP contribution < -0.4 is 10.6 Å². The number of aliphatic hydroxyl groups is 1. The van der Waals surface area contributed by atoms with Gasteiger partial charge in [0.25, 0.3) is 0 Å². The normalized spacial score (nSPS) is 16.1. The Bertz CT molecular complexity index is 473. The van der Waals surface area contributed by atoms with Crippen LogP contribution in [-0.2, 0) is 4.74 Å². The van der Waals surface area contributed by atoms with E-state index in [1.54, 1.807) is 12.1 Å². The second kappa shape index (κ2) is 11.4. The van der Waals surface area contributed by atoms with Gasteiger partial charge in [-0.15, -0.1) is 0 Å². The molecule has 7 heteroatoms. The molecule has 0 bridgehead atoms. The van der Waals surface area contributed by atoms with Gasteiger partial charge < -0.3 is 25.4 Å². The van der Waals surface area contributed by atoms with Gasteiger partial charge in [-0.05, 0) is 37.4 Å². The van der Waals surface area contributed by atoms with Crippen molar-refractivity contribution in [3.8, 4) is 0 Å². The molecule has 1 aliphatic rings. The van der Waals surface area contributed by atoms with Crippen LogP contribution in [0.4, 0.5) is 10.1 Å². The van der Waals surface area contributed by atoms with Crippen LogP contribution in [0.2, 0.25) is 0 Å². The Morgan fingerprint density at radius 1 is 1.26 bits per heavy atom. The van der Waals surface area contributed by atoms with Crippen LogP contribution in [0, 0.1) is 5.82 Å². The zero-order valence-electron chi connectivity index (χ0n) is 13.6. The Balaban J connectivity index is 0.00000127. The van der Waals surface area contributed by atoms with Crippen LogP contribution in [0.25, 0.3) is 0 Å². The molecular weight excluding hydrogens is 299 g/mol. The maximum absolute atomic E-state index is 12.9. The third kappa shape index (κ3) is 7.62. The van der Waals surface area contributed by atoms with E-state index in [-0.39, 0.29) is 12.1 Å². The second-order valence-corrected chi connectivity index (χ2v) is 4.63. The fourth-order valence-corrected chi connectivity index (χ4v) is 1.87. The van der Waals surface area contributed by atoms with Crippen molar-refractivity contribution in [2.24, 2.45) is 4.99 Å². The Kier molecular flexibility index (Phi) is 9.42. The average Bonchev–Trinajstić information content (AvgIpc) is 2.62. The number of anilines is 1. The van der Waals surface area contributed by atoms with Crippen LogP contribution in [0.1, 0.15) is 6.92 Å². The topological polar surface area (TPSA) is 69.1 Å². The quantitative estimate of drug-likeness (QED) is 0.421. The monoisotopic (exact) mass is 324 g/mol. The summed E-state index contributed by atoms with van der Waals surface area (Å²) in [5.74, 6) is -0.254. The minimum atomic E-state index is -0.311. The average molecular weight is 324 g/mol. The van der Waals surface area contributed by atoms with Crippen molar-refractivity contribution in [2.75, 3.05) is 38.7 Å². The molecule has 0 radical (unpaired) electrons. The van der Waals surface area contributed by atoms with Crippen molar-refractivity contribution in [1.82, 2.24) is 10.2 Å². The van der Waals surface area contributed by atoms with Crippen molar-refractivity contribution in [3.05, 3.63) is 42.4 Å². The highest BCUT2D eigenvalue weighted by molar-refractivity contribution is 5.56. The molecule has 1 aromatic carbocycles. The van der Waals surface area contributed by atoms with Crippen molar-refractivity contribution in [3.63, 3.8) is 0 Å². The van der Waals surface area contributed by atoms with E-state index in [0.29, 0.717) is 0 Å². The number of nitrogens with one attached hydrogen (secondary N) is 2. The van der Waals surface area contributed by atoms with Crippen molar-refractivity contribution in [1.29, 1.82) is 0 Å². The summed E-state index contributed by atoms with van der Waals surface area (Å²) in [6, 6.07) is 6.20. The lowest BCUT2D eigenvalue weighted by Gasteiger charge is -2.25. The number of halogens is 1. The zero-order valence-corrected chi connectivity index (χ0v) is 13.6. The first-order valence-corrected chi connectivity index (χ1v) is 7.47. The minimum Gasteiger partial charge on any atom is -0.400 e. The third-order valence-electron chi connectivity index (χ3n) is 2.99. The Labute approximate surface area is 136 Å². The fourth-order valence-electron chi connectivity index (χ4n) is 1.87. The molecule has 2 rings (SSSR count). The number of allylic oxidation sites excluding steroid dienone is 1. The van der Waals surface area contributed by atoms with Gasteiger partial charge >= 0.3 is 0 Å². The van der Waals surface area contributed by atoms with Gasteiger partial charge in [-0.1, -0.05) is 6.08 Å². The van der Waals surface area contributed by atoms with Crippen LogP contribution in [0.5, 0.6) is 0 Å². The summed E-state index contributed by atoms with van der Waals surface area (Å²) in [6.07, 6.45) is 5.22. The Morgan fingerprint density at radius 3 is 2.52 bits per heavy atom. The maximum Gasteiger partial charge on any atom is 0.195 e. The molecule has 1 saturated heterocycles. The highest BCUT2D eigenvalue weighted by Crippen LogP contribution is 2.09.